The topological polar surface area (TPSA) is 63.0 Å². The van der Waals surface area contributed by atoms with E-state index < -0.39 is 0 Å². The quantitative estimate of drug-likeness (QED) is 0.494. The molecule has 0 fully saturated rings. The van der Waals surface area contributed by atoms with Crippen LogP contribution < -0.4 is 5.32 Å². The summed E-state index contributed by atoms with van der Waals surface area (Å²) in [5.41, 5.74) is 1.70. The third-order valence-electron chi connectivity index (χ3n) is 4.31. The fourth-order valence-electron chi connectivity index (χ4n) is 2.94. The van der Waals surface area contributed by atoms with Crippen LogP contribution >= 0.6 is 12.2 Å². The molecule has 2 aromatic carbocycles. The lowest BCUT2D eigenvalue weighted by Crippen LogP contribution is -2.28. The molecular formula is C20H16FN3O2S. The van der Waals surface area contributed by atoms with Crippen molar-refractivity contribution in [1.82, 2.24) is 14.9 Å². The van der Waals surface area contributed by atoms with Gasteiger partial charge in [-0.1, -0.05) is 18.2 Å². The van der Waals surface area contributed by atoms with Crippen molar-refractivity contribution in [3.05, 3.63) is 82.8 Å². The van der Waals surface area contributed by atoms with Gasteiger partial charge in [0.2, 0.25) is 0 Å². The number of amides is 1. The van der Waals surface area contributed by atoms with E-state index >= 15 is 0 Å². The van der Waals surface area contributed by atoms with Gasteiger partial charge >= 0.3 is 0 Å². The summed E-state index contributed by atoms with van der Waals surface area (Å²) in [6.07, 6.45) is 1.53. The van der Waals surface area contributed by atoms with Crippen LogP contribution in [-0.4, -0.2) is 15.5 Å². The Morgan fingerprint density at radius 2 is 1.96 bits per heavy atom. The highest BCUT2D eigenvalue weighted by atomic mass is 32.1. The van der Waals surface area contributed by atoms with Crippen LogP contribution in [0.5, 0.6) is 0 Å². The first-order valence-electron chi connectivity index (χ1n) is 8.38. The number of furan rings is 1. The molecule has 0 aliphatic rings. The molecule has 4 aromatic rings. The van der Waals surface area contributed by atoms with Crippen LogP contribution in [-0.2, 0) is 0 Å². The van der Waals surface area contributed by atoms with Crippen LogP contribution in [0.4, 0.5) is 4.39 Å². The minimum Gasteiger partial charge on any atom is -0.459 e. The van der Waals surface area contributed by atoms with Crippen LogP contribution in [0.15, 0.2) is 65.2 Å². The van der Waals surface area contributed by atoms with Crippen LogP contribution in [0.1, 0.15) is 29.2 Å². The van der Waals surface area contributed by atoms with E-state index in [2.05, 4.69) is 10.3 Å². The Kier molecular flexibility index (Phi) is 4.37. The van der Waals surface area contributed by atoms with Gasteiger partial charge in [0.05, 0.1) is 6.04 Å². The van der Waals surface area contributed by atoms with Gasteiger partial charge < -0.3 is 14.7 Å². The zero-order valence-corrected chi connectivity index (χ0v) is 15.2. The number of carbonyl (C=O) groups is 1. The second-order valence-corrected chi connectivity index (χ2v) is 6.56. The van der Waals surface area contributed by atoms with E-state index in [1.807, 2.05) is 37.3 Å². The molecule has 2 N–H and O–H groups in total. The predicted molar refractivity (Wildman–Crippen MR) is 103 cm³/mol. The normalized spacial score (nSPS) is 12.2. The Morgan fingerprint density at radius 1 is 1.22 bits per heavy atom. The van der Waals surface area contributed by atoms with Crippen molar-refractivity contribution in [2.24, 2.45) is 0 Å². The number of nitrogens with one attached hydrogen (secondary N) is 2. The standard InChI is InChI=1S/C20H16FN3O2S/c1-12(18-10-13-4-2-3-5-17(13)26-18)23-19(25)16-11-22-20(27)24(16)15-8-6-14(21)7-9-15/h2-12H,1H3,(H,22,27)(H,23,25). The molecule has 0 radical (unpaired) electrons. The Hall–Kier alpha value is -3.19. The molecule has 0 bridgehead atoms. The number of fused-ring (bicyclic) bond motifs is 1. The molecule has 0 aliphatic carbocycles. The number of halogens is 1. The minimum absolute atomic E-state index is 0.320. The molecule has 1 atom stereocenters. The second-order valence-electron chi connectivity index (χ2n) is 6.17. The average molecular weight is 381 g/mol. The number of imidazole rings is 1. The summed E-state index contributed by atoms with van der Waals surface area (Å²) in [5.74, 6) is -0.0167. The zero-order valence-electron chi connectivity index (χ0n) is 14.4. The van der Waals surface area contributed by atoms with Crippen molar-refractivity contribution in [3.63, 3.8) is 0 Å². The lowest BCUT2D eigenvalue weighted by molar-refractivity contribution is 0.0928. The number of benzene rings is 2. The van der Waals surface area contributed by atoms with Crippen LogP contribution in [0, 0.1) is 10.6 Å². The van der Waals surface area contributed by atoms with Crippen LogP contribution in [0.25, 0.3) is 16.7 Å². The van der Waals surface area contributed by atoms with Crippen molar-refractivity contribution in [2.45, 2.75) is 13.0 Å². The van der Waals surface area contributed by atoms with E-state index in [1.54, 1.807) is 16.7 Å². The molecular weight excluding hydrogens is 365 g/mol. The Labute approximate surface area is 159 Å². The van der Waals surface area contributed by atoms with Gasteiger partial charge in [-0.25, -0.2) is 4.39 Å². The highest BCUT2D eigenvalue weighted by molar-refractivity contribution is 7.71. The number of para-hydroxylation sites is 1. The molecule has 4 rings (SSSR count). The summed E-state index contributed by atoms with van der Waals surface area (Å²) < 4.78 is 20.9. The molecule has 0 saturated heterocycles. The summed E-state index contributed by atoms with van der Waals surface area (Å²) in [6.45, 7) is 1.85. The lowest BCUT2D eigenvalue weighted by Gasteiger charge is -2.13. The molecule has 0 spiro atoms. The number of carbonyl (C=O) groups excluding carboxylic acids is 1. The Bertz CT molecular complexity index is 1140. The smallest absolute Gasteiger partial charge is 0.270 e. The maximum Gasteiger partial charge on any atom is 0.270 e. The predicted octanol–water partition coefficient (Wildman–Crippen LogP) is 4.91. The summed E-state index contributed by atoms with van der Waals surface area (Å²) in [6, 6.07) is 15.0. The Balaban J connectivity index is 1.61. The molecule has 5 nitrogen and oxygen atoms in total. The molecule has 7 heteroatoms. The van der Waals surface area contributed by atoms with Crippen molar-refractivity contribution < 1.29 is 13.6 Å². The molecule has 0 saturated carbocycles. The molecule has 136 valence electrons. The molecule has 1 amide bonds. The van der Waals surface area contributed by atoms with Crippen molar-refractivity contribution in [2.75, 3.05) is 0 Å². The minimum atomic E-state index is -0.356. The fraction of sp³-hybridized carbons (Fsp3) is 0.100. The van der Waals surface area contributed by atoms with E-state index in [9.17, 15) is 9.18 Å². The Morgan fingerprint density at radius 3 is 2.70 bits per heavy atom. The molecule has 2 heterocycles. The van der Waals surface area contributed by atoms with Crippen LogP contribution in [0.3, 0.4) is 0 Å². The SMILES string of the molecule is CC(NC(=O)c1c[nH]c(=S)n1-c1ccc(F)cc1)c1cc2ccccc2o1. The van der Waals surface area contributed by atoms with E-state index in [0.717, 1.165) is 11.0 Å². The lowest BCUT2D eigenvalue weighted by atomic mass is 10.2. The van der Waals surface area contributed by atoms with Gasteiger partial charge in [0.25, 0.3) is 5.91 Å². The van der Waals surface area contributed by atoms with Gasteiger partial charge in [-0.2, -0.15) is 0 Å². The van der Waals surface area contributed by atoms with Gasteiger partial charge in [-0.05, 0) is 55.5 Å². The second kappa shape index (κ2) is 6.85. The summed E-state index contributed by atoms with van der Waals surface area (Å²) in [7, 11) is 0. The molecule has 2 aromatic heterocycles. The number of rotatable bonds is 4. The van der Waals surface area contributed by atoms with Crippen molar-refractivity contribution in [1.29, 1.82) is 0 Å². The van der Waals surface area contributed by atoms with Gasteiger partial charge in [-0.3, -0.25) is 9.36 Å². The van der Waals surface area contributed by atoms with Gasteiger partial charge in [0, 0.05) is 17.3 Å². The molecule has 0 aliphatic heterocycles. The van der Waals surface area contributed by atoms with E-state index in [0.29, 0.717) is 21.9 Å². The maximum absolute atomic E-state index is 13.2. The highest BCUT2D eigenvalue weighted by Crippen LogP contribution is 2.24. The third-order valence-corrected chi connectivity index (χ3v) is 4.61. The number of hydrogen-bond donors (Lipinski definition) is 2. The largest absolute Gasteiger partial charge is 0.459 e. The van der Waals surface area contributed by atoms with Gasteiger partial charge in [0.15, 0.2) is 4.77 Å². The monoisotopic (exact) mass is 381 g/mol. The van der Waals surface area contributed by atoms with Crippen molar-refractivity contribution in [3.8, 4) is 5.69 Å². The molecule has 1 unspecified atom stereocenters. The number of nitrogens with zero attached hydrogens (tertiary/aromatic N) is 1. The van der Waals surface area contributed by atoms with Gasteiger partial charge in [-0.15, -0.1) is 0 Å². The number of aromatic amines is 1. The van der Waals surface area contributed by atoms with Gasteiger partial charge in [0.1, 0.15) is 22.9 Å². The first-order valence-corrected chi connectivity index (χ1v) is 8.79. The average Bonchev–Trinajstić information content (AvgIpc) is 3.26. The third kappa shape index (κ3) is 3.29. The summed E-state index contributed by atoms with van der Waals surface area (Å²) in [5, 5.41) is 3.89. The van der Waals surface area contributed by atoms with Crippen LogP contribution in [0.2, 0.25) is 0 Å². The van der Waals surface area contributed by atoms with E-state index in [-0.39, 0.29) is 17.8 Å². The first-order chi connectivity index (χ1) is 13.0. The molecule has 27 heavy (non-hydrogen) atoms. The number of H-pyrrole nitrogens is 1. The summed E-state index contributed by atoms with van der Waals surface area (Å²) in [4.78, 5) is 15.7. The number of aromatic nitrogens is 2. The summed E-state index contributed by atoms with van der Waals surface area (Å²) >= 11 is 5.27. The van der Waals surface area contributed by atoms with E-state index in [1.165, 1.54) is 18.3 Å². The number of hydrogen-bond acceptors (Lipinski definition) is 3. The zero-order chi connectivity index (χ0) is 19.0. The van der Waals surface area contributed by atoms with Crippen molar-refractivity contribution >= 4 is 29.1 Å². The first kappa shape index (κ1) is 17.2. The van der Waals surface area contributed by atoms with E-state index in [4.69, 9.17) is 16.6 Å². The fourth-order valence-corrected chi connectivity index (χ4v) is 3.20. The maximum atomic E-state index is 13.2. The highest BCUT2D eigenvalue weighted by Gasteiger charge is 2.19.